The van der Waals surface area contributed by atoms with Gasteiger partial charge in [-0.15, -0.1) is 0 Å². The standard InChI is InChI=1S/C28H25ClN4O4/c1-3-33-26-21(28(36)32-25-16(2)12-23(29)31-27(25)33)13-17(15-30-26)10-11-37-22-9-8-18(14-24(34)35)19-6-4-5-7-20(19)22/h4-9,12-13,15H,3,10-11,14H2,1-2H3,(H,32,36)(H,34,35). The molecule has 8 nitrogen and oxygen atoms in total. The molecular formula is C28H25ClN4O4. The lowest BCUT2D eigenvalue weighted by atomic mass is 10.0. The van der Waals surface area contributed by atoms with Gasteiger partial charge in [-0.2, -0.15) is 0 Å². The molecule has 1 aliphatic rings. The van der Waals surface area contributed by atoms with E-state index in [0.29, 0.717) is 53.4 Å². The number of carboxylic acids is 1. The van der Waals surface area contributed by atoms with Gasteiger partial charge in [0.1, 0.15) is 16.7 Å². The number of pyridine rings is 2. The molecule has 5 rings (SSSR count). The molecule has 4 aromatic rings. The van der Waals surface area contributed by atoms with Gasteiger partial charge in [-0.1, -0.05) is 41.9 Å². The van der Waals surface area contributed by atoms with Crippen LogP contribution >= 0.6 is 11.6 Å². The molecule has 2 aromatic carbocycles. The van der Waals surface area contributed by atoms with E-state index in [1.807, 2.05) is 49.1 Å². The van der Waals surface area contributed by atoms with Gasteiger partial charge in [-0.05, 0) is 54.1 Å². The molecule has 0 fully saturated rings. The Morgan fingerprint density at radius 2 is 1.92 bits per heavy atom. The topological polar surface area (TPSA) is 105 Å². The van der Waals surface area contributed by atoms with Crippen molar-refractivity contribution in [2.24, 2.45) is 0 Å². The molecule has 2 N–H and O–H groups in total. The second-order valence-corrected chi connectivity index (χ2v) is 9.20. The van der Waals surface area contributed by atoms with Gasteiger partial charge in [0.2, 0.25) is 0 Å². The number of nitrogens with zero attached hydrogens (tertiary/aromatic N) is 3. The van der Waals surface area contributed by atoms with Crippen LogP contribution in [0.5, 0.6) is 5.75 Å². The summed E-state index contributed by atoms with van der Waals surface area (Å²) in [7, 11) is 0. The zero-order valence-corrected chi connectivity index (χ0v) is 21.2. The van der Waals surface area contributed by atoms with Gasteiger partial charge in [0.05, 0.1) is 24.3 Å². The monoisotopic (exact) mass is 516 g/mol. The van der Waals surface area contributed by atoms with Crippen molar-refractivity contribution < 1.29 is 19.4 Å². The third-order valence-electron chi connectivity index (χ3n) is 6.36. The number of halogens is 1. The molecule has 0 atom stereocenters. The summed E-state index contributed by atoms with van der Waals surface area (Å²) < 4.78 is 6.09. The van der Waals surface area contributed by atoms with Crippen LogP contribution in [0.15, 0.2) is 54.7 Å². The molecule has 0 saturated heterocycles. The number of amides is 1. The van der Waals surface area contributed by atoms with Crippen molar-refractivity contribution in [3.8, 4) is 5.75 Å². The fraction of sp³-hybridized carbons (Fsp3) is 0.214. The maximum absolute atomic E-state index is 13.2. The normalized spacial score (nSPS) is 12.5. The van der Waals surface area contributed by atoms with Crippen LogP contribution in [0, 0.1) is 6.92 Å². The van der Waals surface area contributed by atoms with Crippen LogP contribution in [0.4, 0.5) is 17.3 Å². The van der Waals surface area contributed by atoms with E-state index in [2.05, 4.69) is 15.3 Å². The summed E-state index contributed by atoms with van der Waals surface area (Å²) in [6.07, 6.45) is 2.22. The van der Waals surface area contributed by atoms with Crippen molar-refractivity contribution in [1.29, 1.82) is 0 Å². The van der Waals surface area contributed by atoms with E-state index < -0.39 is 5.97 Å². The van der Waals surface area contributed by atoms with E-state index in [1.165, 1.54) is 0 Å². The molecule has 0 radical (unpaired) electrons. The first-order chi connectivity index (χ1) is 17.9. The van der Waals surface area contributed by atoms with E-state index in [-0.39, 0.29) is 12.3 Å². The van der Waals surface area contributed by atoms with Gasteiger partial charge in [0.25, 0.3) is 5.91 Å². The number of rotatable bonds is 7. The zero-order valence-electron chi connectivity index (χ0n) is 20.4. The average molecular weight is 517 g/mol. The summed E-state index contributed by atoms with van der Waals surface area (Å²) in [5.41, 5.74) is 3.49. The van der Waals surface area contributed by atoms with Crippen LogP contribution in [-0.2, 0) is 17.6 Å². The number of aromatic nitrogens is 2. The summed E-state index contributed by atoms with van der Waals surface area (Å²) in [5.74, 6) is 0.641. The number of hydrogen-bond donors (Lipinski definition) is 2. The first-order valence-corrected chi connectivity index (χ1v) is 12.3. The SMILES string of the molecule is CCN1c2ncc(CCOc3ccc(CC(=O)O)c4ccccc34)cc2C(=O)Nc2c(C)cc(Cl)nc21. The molecule has 1 amide bonds. The maximum atomic E-state index is 13.2. The molecule has 0 unspecified atom stereocenters. The molecule has 0 saturated carbocycles. The van der Waals surface area contributed by atoms with Gasteiger partial charge in [-0.25, -0.2) is 9.97 Å². The second kappa shape index (κ2) is 10.1. The Bertz CT molecular complexity index is 1540. The number of nitrogens with one attached hydrogen (secondary N) is 1. The number of anilines is 3. The number of aryl methyl sites for hydroxylation is 1. The molecule has 2 aromatic heterocycles. The highest BCUT2D eigenvalue weighted by Gasteiger charge is 2.28. The molecule has 9 heteroatoms. The highest BCUT2D eigenvalue weighted by Crippen LogP contribution is 2.38. The molecule has 0 bridgehead atoms. The van der Waals surface area contributed by atoms with Crippen LogP contribution in [0.25, 0.3) is 10.8 Å². The number of benzene rings is 2. The average Bonchev–Trinajstić information content (AvgIpc) is 2.99. The Morgan fingerprint density at radius 1 is 1.14 bits per heavy atom. The van der Waals surface area contributed by atoms with Crippen molar-refractivity contribution in [2.75, 3.05) is 23.4 Å². The third-order valence-corrected chi connectivity index (χ3v) is 6.56. The number of hydrogen-bond acceptors (Lipinski definition) is 6. The number of carbonyl (C=O) groups is 2. The van der Waals surface area contributed by atoms with E-state index in [9.17, 15) is 14.7 Å². The van der Waals surface area contributed by atoms with Crippen molar-refractivity contribution in [3.63, 3.8) is 0 Å². The van der Waals surface area contributed by atoms with Gasteiger partial charge >= 0.3 is 5.97 Å². The van der Waals surface area contributed by atoms with Crippen molar-refractivity contribution >= 4 is 51.6 Å². The predicted molar refractivity (Wildman–Crippen MR) is 143 cm³/mol. The lowest BCUT2D eigenvalue weighted by molar-refractivity contribution is -0.136. The smallest absolute Gasteiger partial charge is 0.307 e. The van der Waals surface area contributed by atoms with Crippen LogP contribution in [0.2, 0.25) is 5.15 Å². The van der Waals surface area contributed by atoms with Crippen molar-refractivity contribution in [3.05, 3.63) is 82.1 Å². The lowest BCUT2D eigenvalue weighted by Gasteiger charge is -2.23. The molecule has 37 heavy (non-hydrogen) atoms. The first-order valence-electron chi connectivity index (χ1n) is 12.0. The minimum Gasteiger partial charge on any atom is -0.493 e. The molecular weight excluding hydrogens is 492 g/mol. The van der Waals surface area contributed by atoms with E-state index in [1.54, 1.807) is 24.4 Å². The molecule has 188 valence electrons. The highest BCUT2D eigenvalue weighted by molar-refractivity contribution is 6.30. The minimum atomic E-state index is -0.877. The summed E-state index contributed by atoms with van der Waals surface area (Å²) in [5, 5.41) is 14.3. The number of carbonyl (C=O) groups excluding carboxylic acids is 1. The number of fused-ring (bicyclic) bond motifs is 3. The Labute approximate surface area is 218 Å². The quantitative estimate of drug-likeness (QED) is 0.310. The van der Waals surface area contributed by atoms with E-state index >= 15 is 0 Å². The largest absolute Gasteiger partial charge is 0.493 e. The van der Waals surface area contributed by atoms with E-state index in [4.69, 9.17) is 16.3 Å². The highest BCUT2D eigenvalue weighted by atomic mass is 35.5. The molecule has 1 aliphatic heterocycles. The van der Waals surface area contributed by atoms with E-state index in [0.717, 1.165) is 27.5 Å². The summed E-state index contributed by atoms with van der Waals surface area (Å²) in [6.45, 7) is 4.77. The van der Waals surface area contributed by atoms with Crippen LogP contribution < -0.4 is 15.0 Å². The molecule has 3 heterocycles. The Kier molecular flexibility index (Phi) is 6.67. The summed E-state index contributed by atoms with van der Waals surface area (Å²) in [4.78, 5) is 35.4. The Balaban J connectivity index is 1.38. The van der Waals surface area contributed by atoms with Crippen LogP contribution in [-0.4, -0.2) is 40.1 Å². The van der Waals surface area contributed by atoms with Gasteiger partial charge in [0.15, 0.2) is 5.82 Å². The summed E-state index contributed by atoms with van der Waals surface area (Å²) in [6, 6.07) is 14.8. The third kappa shape index (κ3) is 4.80. The Hall–Kier alpha value is -4.17. The van der Waals surface area contributed by atoms with Crippen LogP contribution in [0.3, 0.4) is 0 Å². The van der Waals surface area contributed by atoms with Crippen molar-refractivity contribution in [2.45, 2.75) is 26.7 Å². The Morgan fingerprint density at radius 3 is 2.68 bits per heavy atom. The minimum absolute atomic E-state index is 0.0520. The number of aliphatic carboxylic acids is 1. The zero-order chi connectivity index (χ0) is 26.1. The second-order valence-electron chi connectivity index (χ2n) is 8.81. The fourth-order valence-corrected chi connectivity index (χ4v) is 4.87. The molecule has 0 spiro atoms. The number of ether oxygens (including phenoxy) is 1. The van der Waals surface area contributed by atoms with Crippen molar-refractivity contribution in [1.82, 2.24) is 9.97 Å². The van der Waals surface area contributed by atoms with Gasteiger partial charge in [0, 0.05) is 24.5 Å². The first kappa shape index (κ1) is 24.5. The van der Waals surface area contributed by atoms with Gasteiger partial charge < -0.3 is 20.1 Å². The summed E-state index contributed by atoms with van der Waals surface area (Å²) >= 11 is 6.21. The van der Waals surface area contributed by atoms with Gasteiger partial charge in [-0.3, -0.25) is 9.59 Å². The molecule has 0 aliphatic carbocycles. The van der Waals surface area contributed by atoms with Crippen LogP contribution in [0.1, 0.15) is 34.0 Å². The fourth-order valence-electron chi connectivity index (χ4n) is 4.62. The predicted octanol–water partition coefficient (Wildman–Crippen LogP) is 5.56. The maximum Gasteiger partial charge on any atom is 0.307 e. The lowest BCUT2D eigenvalue weighted by Crippen LogP contribution is -2.20. The number of carboxylic acid groups (broad SMARTS) is 1.